The standard InChI is InChI=1S/C6H10N2O4.Pb.2H/c1-3-11-5(9)7-8-6(10)12-4-2;;;/h3-4H2,1-2H3;;;. The van der Waals surface area contributed by atoms with Crippen LogP contribution in [0.15, 0.2) is 10.2 Å². The van der Waals surface area contributed by atoms with Crippen LogP contribution in [-0.2, 0) is 9.47 Å². The second-order valence-corrected chi connectivity index (χ2v) is 1.60. The molecule has 0 saturated heterocycles. The molecule has 0 N–H and O–H groups in total. The van der Waals surface area contributed by atoms with Crippen molar-refractivity contribution < 1.29 is 19.1 Å². The number of nitrogens with zero attached hydrogens (tertiary/aromatic N) is 2. The number of carbonyl (C=O) groups excluding carboxylic acids is 2. The SMILES string of the molecule is CCOC(=O)N=NC(=O)OCC.[PbH2]. The Morgan fingerprint density at radius 1 is 1.00 bits per heavy atom. The van der Waals surface area contributed by atoms with Gasteiger partial charge < -0.3 is 9.47 Å². The zero-order valence-electron chi connectivity index (χ0n) is 7.65. The summed E-state index contributed by atoms with van der Waals surface area (Å²) in [7, 11) is 0. The first-order chi connectivity index (χ1) is 5.70. The summed E-state index contributed by atoms with van der Waals surface area (Å²) in [5.74, 6) is 0. The maximum absolute atomic E-state index is 10.5. The van der Waals surface area contributed by atoms with E-state index in [0.29, 0.717) is 0 Å². The molecule has 0 rings (SSSR count). The van der Waals surface area contributed by atoms with Gasteiger partial charge in [0.1, 0.15) is 0 Å². The van der Waals surface area contributed by atoms with E-state index in [9.17, 15) is 9.59 Å². The molecule has 0 atom stereocenters. The quantitative estimate of drug-likeness (QED) is 0.523. The Bertz CT molecular complexity index is 175. The molecule has 2 amide bonds. The van der Waals surface area contributed by atoms with Crippen LogP contribution in [-0.4, -0.2) is 52.7 Å². The molecule has 6 nitrogen and oxygen atoms in total. The normalized spacial score (nSPS) is 9.08. The molecule has 0 heterocycles. The van der Waals surface area contributed by atoms with Gasteiger partial charge in [-0.05, 0) is 13.8 Å². The Morgan fingerprint density at radius 2 is 1.31 bits per heavy atom. The molecule has 0 aliphatic rings. The molecule has 0 fully saturated rings. The van der Waals surface area contributed by atoms with Gasteiger partial charge in [-0.25, -0.2) is 9.59 Å². The van der Waals surface area contributed by atoms with Crippen molar-refractivity contribution >= 4 is 39.5 Å². The molecule has 0 aromatic heterocycles. The van der Waals surface area contributed by atoms with Crippen LogP contribution in [0.2, 0.25) is 0 Å². The summed E-state index contributed by atoms with van der Waals surface area (Å²) < 4.78 is 8.73. The van der Waals surface area contributed by atoms with Crippen molar-refractivity contribution in [3.05, 3.63) is 0 Å². The van der Waals surface area contributed by atoms with Gasteiger partial charge in [-0.15, -0.1) is 0 Å². The van der Waals surface area contributed by atoms with Gasteiger partial charge in [0.2, 0.25) is 0 Å². The third-order valence-electron chi connectivity index (χ3n) is 0.749. The number of amides is 2. The third-order valence-corrected chi connectivity index (χ3v) is 0.749. The predicted molar refractivity (Wildman–Crippen MR) is 47.4 cm³/mol. The van der Waals surface area contributed by atoms with Crippen LogP contribution < -0.4 is 0 Å². The zero-order valence-corrected chi connectivity index (χ0v) is 13.1. The fourth-order valence-electron chi connectivity index (χ4n) is 0.386. The molecule has 0 aromatic carbocycles. The Morgan fingerprint density at radius 3 is 1.54 bits per heavy atom. The molecule has 0 bridgehead atoms. The molecule has 0 unspecified atom stereocenters. The van der Waals surface area contributed by atoms with Gasteiger partial charge >= 0.3 is 39.5 Å². The predicted octanol–water partition coefficient (Wildman–Crippen LogP) is 0.835. The molecule has 0 aromatic rings. The Hall–Kier alpha value is -0.538. The molecule has 0 aliphatic heterocycles. The van der Waals surface area contributed by atoms with Crippen molar-refractivity contribution in [2.45, 2.75) is 13.8 Å². The molecular formula is C6H12N2O4Pb. The van der Waals surface area contributed by atoms with Gasteiger partial charge in [-0.1, -0.05) is 10.2 Å². The van der Waals surface area contributed by atoms with E-state index in [2.05, 4.69) is 19.7 Å². The zero-order chi connectivity index (χ0) is 9.40. The van der Waals surface area contributed by atoms with E-state index in [1.54, 1.807) is 13.8 Å². The molecule has 7 heteroatoms. The second kappa shape index (κ2) is 9.55. The summed E-state index contributed by atoms with van der Waals surface area (Å²) in [6.07, 6.45) is -1.80. The number of azo groups is 1. The first-order valence-electron chi connectivity index (χ1n) is 3.46. The van der Waals surface area contributed by atoms with E-state index in [0.717, 1.165) is 0 Å². The topological polar surface area (TPSA) is 77.3 Å². The first kappa shape index (κ1) is 15.0. The maximum atomic E-state index is 10.5. The van der Waals surface area contributed by atoms with E-state index in [1.165, 1.54) is 0 Å². The van der Waals surface area contributed by atoms with Crippen molar-refractivity contribution in [2.75, 3.05) is 13.2 Å². The molecule has 74 valence electrons. The number of ether oxygens (including phenoxy) is 2. The van der Waals surface area contributed by atoms with Crippen molar-refractivity contribution in [1.29, 1.82) is 0 Å². The molecule has 0 spiro atoms. The summed E-state index contributed by atoms with van der Waals surface area (Å²) in [5, 5.41) is 5.84. The number of rotatable bonds is 2. The molecular weight excluding hydrogens is 371 g/mol. The van der Waals surface area contributed by atoms with Crippen molar-refractivity contribution in [1.82, 2.24) is 0 Å². The molecule has 0 saturated carbocycles. The van der Waals surface area contributed by atoms with Crippen LogP contribution in [0.5, 0.6) is 0 Å². The van der Waals surface area contributed by atoms with Crippen molar-refractivity contribution in [3.8, 4) is 0 Å². The summed E-state index contributed by atoms with van der Waals surface area (Å²) in [5.41, 5.74) is 0. The fourth-order valence-corrected chi connectivity index (χ4v) is 0.386. The van der Waals surface area contributed by atoms with Crippen molar-refractivity contribution in [2.24, 2.45) is 10.2 Å². The van der Waals surface area contributed by atoms with E-state index in [4.69, 9.17) is 0 Å². The van der Waals surface area contributed by atoms with Gasteiger partial charge in [0, 0.05) is 0 Å². The van der Waals surface area contributed by atoms with E-state index in [1.807, 2.05) is 0 Å². The van der Waals surface area contributed by atoms with Crippen LogP contribution in [0.4, 0.5) is 9.59 Å². The Balaban J connectivity index is 0. The van der Waals surface area contributed by atoms with Crippen LogP contribution >= 0.6 is 0 Å². The number of hydrogen-bond donors (Lipinski definition) is 0. The third kappa shape index (κ3) is 9.38. The van der Waals surface area contributed by atoms with Crippen LogP contribution in [0.3, 0.4) is 0 Å². The van der Waals surface area contributed by atoms with Crippen LogP contribution in [0.25, 0.3) is 0 Å². The summed E-state index contributed by atoms with van der Waals surface area (Å²) in [6.45, 7) is 3.64. The van der Waals surface area contributed by atoms with E-state index < -0.39 is 12.2 Å². The average molecular weight is 383 g/mol. The first-order valence-corrected chi connectivity index (χ1v) is 3.46. The van der Waals surface area contributed by atoms with Crippen molar-refractivity contribution in [3.63, 3.8) is 0 Å². The van der Waals surface area contributed by atoms with Gasteiger partial charge in [0.05, 0.1) is 13.2 Å². The van der Waals surface area contributed by atoms with Crippen LogP contribution in [0.1, 0.15) is 13.8 Å². The van der Waals surface area contributed by atoms with Gasteiger partial charge in [0.25, 0.3) is 0 Å². The Labute approximate surface area is 95.8 Å². The van der Waals surface area contributed by atoms with E-state index in [-0.39, 0.29) is 40.5 Å². The van der Waals surface area contributed by atoms with Gasteiger partial charge in [-0.3, -0.25) is 0 Å². The fraction of sp³-hybridized carbons (Fsp3) is 0.667. The van der Waals surface area contributed by atoms with Gasteiger partial charge in [-0.2, -0.15) is 0 Å². The van der Waals surface area contributed by atoms with E-state index >= 15 is 0 Å². The molecule has 0 aliphatic carbocycles. The number of hydrogen-bond acceptors (Lipinski definition) is 4. The minimum absolute atomic E-state index is 0. The Kier molecular flexibility index (Phi) is 11.0. The minimum atomic E-state index is -0.898. The molecule has 2 radical (unpaired) electrons. The number of carbonyl (C=O) groups is 2. The summed E-state index contributed by atoms with van der Waals surface area (Å²) >= 11 is 0. The second-order valence-electron chi connectivity index (χ2n) is 1.60. The summed E-state index contributed by atoms with van der Waals surface area (Å²) in [6, 6.07) is 0. The summed E-state index contributed by atoms with van der Waals surface area (Å²) in [4.78, 5) is 20.9. The molecule has 13 heavy (non-hydrogen) atoms. The monoisotopic (exact) mass is 384 g/mol. The average Bonchev–Trinajstić information content (AvgIpc) is 2.02. The van der Waals surface area contributed by atoms with Crippen LogP contribution in [0, 0.1) is 0 Å². The van der Waals surface area contributed by atoms with Gasteiger partial charge in [0.15, 0.2) is 0 Å².